The van der Waals surface area contributed by atoms with E-state index >= 15 is 0 Å². The monoisotopic (exact) mass is 241 g/mol. The molecule has 2 N–H and O–H groups in total. The lowest BCUT2D eigenvalue weighted by Gasteiger charge is -2.10. The maximum atomic E-state index is 13.3. The van der Waals surface area contributed by atoms with Gasteiger partial charge in [-0.15, -0.1) is 0 Å². The Labute approximate surface area is 102 Å². The molecule has 3 nitrogen and oxygen atoms in total. The summed E-state index contributed by atoms with van der Waals surface area (Å²) in [6, 6.07) is 5.03. The predicted molar refractivity (Wildman–Crippen MR) is 65.6 cm³/mol. The summed E-state index contributed by atoms with van der Waals surface area (Å²) in [4.78, 5) is 0. The standard InChI is InChI=1S/C13H20FNO2/c1-10(2)15-9-11-6-12(14)8-13(7-11)17-5-3-4-16/h6-8,10,15-16H,3-5,9H2,1-2H3. The fraction of sp³-hybridized carbons (Fsp3) is 0.538. The van der Waals surface area contributed by atoms with Crippen molar-refractivity contribution in [2.45, 2.75) is 32.9 Å². The van der Waals surface area contributed by atoms with Gasteiger partial charge < -0.3 is 15.2 Å². The number of aliphatic hydroxyl groups is 1. The van der Waals surface area contributed by atoms with Crippen LogP contribution in [0.15, 0.2) is 18.2 Å². The second kappa shape index (κ2) is 7.25. The van der Waals surface area contributed by atoms with Gasteiger partial charge in [-0.3, -0.25) is 0 Å². The van der Waals surface area contributed by atoms with Gasteiger partial charge in [0, 0.05) is 31.7 Å². The first-order chi connectivity index (χ1) is 8.11. The summed E-state index contributed by atoms with van der Waals surface area (Å²) in [5, 5.41) is 11.9. The van der Waals surface area contributed by atoms with E-state index in [1.807, 2.05) is 19.9 Å². The van der Waals surface area contributed by atoms with Crippen LogP contribution >= 0.6 is 0 Å². The van der Waals surface area contributed by atoms with Crippen LogP contribution in [-0.4, -0.2) is 24.4 Å². The highest BCUT2D eigenvalue weighted by atomic mass is 19.1. The van der Waals surface area contributed by atoms with Gasteiger partial charge >= 0.3 is 0 Å². The summed E-state index contributed by atoms with van der Waals surface area (Å²) in [7, 11) is 0. The number of hydrogen-bond acceptors (Lipinski definition) is 3. The lowest BCUT2D eigenvalue weighted by atomic mass is 10.2. The van der Waals surface area contributed by atoms with E-state index in [0.717, 1.165) is 5.56 Å². The summed E-state index contributed by atoms with van der Waals surface area (Å²) in [6.07, 6.45) is 0.552. The Hall–Kier alpha value is -1.13. The molecular formula is C13H20FNO2. The molecular weight excluding hydrogens is 221 g/mol. The molecule has 17 heavy (non-hydrogen) atoms. The molecule has 0 aliphatic rings. The Morgan fingerprint density at radius 2 is 2.12 bits per heavy atom. The predicted octanol–water partition coefficient (Wildman–Crippen LogP) is 2.08. The molecule has 0 radical (unpaired) electrons. The third-order valence-corrected chi connectivity index (χ3v) is 2.22. The molecule has 0 heterocycles. The van der Waals surface area contributed by atoms with Gasteiger partial charge in [-0.1, -0.05) is 13.8 Å². The number of benzene rings is 1. The van der Waals surface area contributed by atoms with E-state index < -0.39 is 0 Å². The van der Waals surface area contributed by atoms with Gasteiger partial charge in [0.15, 0.2) is 0 Å². The molecule has 1 aromatic carbocycles. The first-order valence-electron chi connectivity index (χ1n) is 5.88. The Morgan fingerprint density at radius 3 is 2.76 bits per heavy atom. The van der Waals surface area contributed by atoms with Crippen molar-refractivity contribution in [3.05, 3.63) is 29.6 Å². The van der Waals surface area contributed by atoms with E-state index in [2.05, 4.69) is 5.32 Å². The molecule has 0 fully saturated rings. The van der Waals surface area contributed by atoms with Crippen molar-refractivity contribution >= 4 is 0 Å². The zero-order valence-corrected chi connectivity index (χ0v) is 10.4. The van der Waals surface area contributed by atoms with Crippen LogP contribution in [0.1, 0.15) is 25.8 Å². The molecule has 0 saturated carbocycles. The quantitative estimate of drug-likeness (QED) is 0.718. The first-order valence-corrected chi connectivity index (χ1v) is 5.88. The van der Waals surface area contributed by atoms with Crippen molar-refractivity contribution in [1.82, 2.24) is 5.32 Å². The van der Waals surface area contributed by atoms with Crippen molar-refractivity contribution in [2.24, 2.45) is 0 Å². The third kappa shape index (κ3) is 5.65. The molecule has 0 aliphatic carbocycles. The molecule has 1 aromatic rings. The van der Waals surface area contributed by atoms with Gasteiger partial charge in [0.25, 0.3) is 0 Å². The number of nitrogens with one attached hydrogen (secondary N) is 1. The van der Waals surface area contributed by atoms with Crippen LogP contribution in [0, 0.1) is 5.82 Å². The highest BCUT2D eigenvalue weighted by Crippen LogP contribution is 2.16. The van der Waals surface area contributed by atoms with Crippen molar-refractivity contribution in [1.29, 1.82) is 0 Å². The minimum Gasteiger partial charge on any atom is -0.493 e. The smallest absolute Gasteiger partial charge is 0.127 e. The summed E-state index contributed by atoms with van der Waals surface area (Å²) < 4.78 is 18.7. The molecule has 0 saturated heterocycles. The minimum atomic E-state index is -0.299. The molecule has 0 aromatic heterocycles. The lowest BCUT2D eigenvalue weighted by molar-refractivity contribution is 0.233. The van der Waals surface area contributed by atoms with Gasteiger partial charge in [-0.05, 0) is 17.7 Å². The molecule has 0 amide bonds. The highest BCUT2D eigenvalue weighted by Gasteiger charge is 2.02. The second-order valence-electron chi connectivity index (χ2n) is 4.26. The van der Waals surface area contributed by atoms with Crippen molar-refractivity contribution in [3.63, 3.8) is 0 Å². The van der Waals surface area contributed by atoms with E-state index in [9.17, 15) is 4.39 Å². The van der Waals surface area contributed by atoms with Gasteiger partial charge in [-0.2, -0.15) is 0 Å². The van der Waals surface area contributed by atoms with E-state index in [1.165, 1.54) is 12.1 Å². The number of hydrogen-bond donors (Lipinski definition) is 2. The molecule has 4 heteroatoms. The van der Waals surface area contributed by atoms with Crippen LogP contribution in [-0.2, 0) is 6.54 Å². The normalized spacial score (nSPS) is 10.9. The average molecular weight is 241 g/mol. The Bertz CT molecular complexity index is 342. The summed E-state index contributed by atoms with van der Waals surface area (Å²) in [5.74, 6) is 0.214. The van der Waals surface area contributed by atoms with Gasteiger partial charge in [0.05, 0.1) is 6.61 Å². The largest absolute Gasteiger partial charge is 0.493 e. The zero-order valence-electron chi connectivity index (χ0n) is 10.4. The van der Waals surface area contributed by atoms with Crippen LogP contribution in [0.4, 0.5) is 4.39 Å². The molecule has 1 rings (SSSR count). The zero-order chi connectivity index (χ0) is 12.7. The Morgan fingerprint density at radius 1 is 1.35 bits per heavy atom. The average Bonchev–Trinajstić information content (AvgIpc) is 2.26. The van der Waals surface area contributed by atoms with Crippen LogP contribution < -0.4 is 10.1 Å². The first kappa shape index (κ1) is 13.9. The van der Waals surface area contributed by atoms with E-state index in [0.29, 0.717) is 31.4 Å². The maximum absolute atomic E-state index is 13.3. The van der Waals surface area contributed by atoms with Gasteiger partial charge in [0.2, 0.25) is 0 Å². The number of halogens is 1. The SMILES string of the molecule is CC(C)NCc1cc(F)cc(OCCCO)c1. The molecule has 96 valence electrons. The molecule has 0 atom stereocenters. The van der Waals surface area contributed by atoms with Crippen LogP contribution in [0.25, 0.3) is 0 Å². The topological polar surface area (TPSA) is 41.5 Å². The molecule has 0 spiro atoms. The maximum Gasteiger partial charge on any atom is 0.127 e. The fourth-order valence-electron chi connectivity index (χ4n) is 1.38. The van der Waals surface area contributed by atoms with Gasteiger partial charge in [-0.25, -0.2) is 4.39 Å². The lowest BCUT2D eigenvalue weighted by Crippen LogP contribution is -2.21. The number of ether oxygens (including phenoxy) is 1. The Balaban J connectivity index is 2.59. The number of aliphatic hydroxyl groups excluding tert-OH is 1. The summed E-state index contributed by atoms with van der Waals surface area (Å²) in [6.45, 7) is 5.18. The molecule has 0 unspecified atom stereocenters. The molecule has 0 aliphatic heterocycles. The minimum absolute atomic E-state index is 0.0804. The Kier molecular flexibility index (Phi) is 5.94. The second-order valence-corrected chi connectivity index (χ2v) is 4.26. The van der Waals surface area contributed by atoms with E-state index in [1.54, 1.807) is 0 Å². The summed E-state index contributed by atoms with van der Waals surface area (Å²) in [5.41, 5.74) is 0.859. The number of rotatable bonds is 7. The van der Waals surface area contributed by atoms with Crippen LogP contribution in [0.5, 0.6) is 5.75 Å². The summed E-state index contributed by atoms with van der Waals surface area (Å²) >= 11 is 0. The third-order valence-electron chi connectivity index (χ3n) is 2.22. The van der Waals surface area contributed by atoms with Crippen LogP contribution in [0.2, 0.25) is 0 Å². The molecule has 0 bridgehead atoms. The van der Waals surface area contributed by atoms with Crippen LogP contribution in [0.3, 0.4) is 0 Å². The van der Waals surface area contributed by atoms with Gasteiger partial charge in [0.1, 0.15) is 11.6 Å². The van der Waals surface area contributed by atoms with Crippen molar-refractivity contribution < 1.29 is 14.2 Å². The van der Waals surface area contributed by atoms with E-state index in [4.69, 9.17) is 9.84 Å². The fourth-order valence-corrected chi connectivity index (χ4v) is 1.38. The highest BCUT2D eigenvalue weighted by molar-refractivity contribution is 5.29. The van der Waals surface area contributed by atoms with E-state index in [-0.39, 0.29) is 12.4 Å². The van der Waals surface area contributed by atoms with Crippen molar-refractivity contribution in [2.75, 3.05) is 13.2 Å². The van der Waals surface area contributed by atoms with Crippen molar-refractivity contribution in [3.8, 4) is 5.75 Å².